The van der Waals surface area contributed by atoms with Crippen molar-refractivity contribution in [2.45, 2.75) is 12.0 Å². The van der Waals surface area contributed by atoms with Gasteiger partial charge in [-0.1, -0.05) is 54.6 Å². The highest BCUT2D eigenvalue weighted by atomic mass is 16.5. The number of nitrogens with zero attached hydrogens (tertiary/aromatic N) is 2. The van der Waals surface area contributed by atoms with Gasteiger partial charge >= 0.3 is 6.03 Å². The van der Waals surface area contributed by atoms with Crippen molar-refractivity contribution in [1.29, 1.82) is 0 Å². The Morgan fingerprint density at radius 3 is 1.82 bits per heavy atom. The average molecular weight is 536 g/mol. The third-order valence-electron chi connectivity index (χ3n) is 8.26. The minimum atomic E-state index is -1.72. The lowest BCUT2D eigenvalue weighted by atomic mass is 9.58. The topological polar surface area (TPSA) is 88.2 Å². The lowest BCUT2D eigenvalue weighted by Crippen LogP contribution is -2.68. The van der Waals surface area contributed by atoms with Crippen LogP contribution in [0.4, 0.5) is 10.5 Å². The van der Waals surface area contributed by atoms with Crippen LogP contribution in [0.15, 0.2) is 84.9 Å². The summed E-state index contributed by atoms with van der Waals surface area (Å²) >= 11 is 0. The first-order valence-corrected chi connectivity index (χ1v) is 13.0. The lowest BCUT2D eigenvalue weighted by Gasteiger charge is -2.53. The van der Waals surface area contributed by atoms with E-state index in [-0.39, 0.29) is 0 Å². The second-order valence-corrected chi connectivity index (χ2v) is 10.2. The number of imide groups is 2. The number of carbonyl (C=O) groups excluding carboxylic acids is 3. The van der Waals surface area contributed by atoms with Crippen LogP contribution < -0.4 is 14.8 Å². The minimum absolute atomic E-state index is 0.562. The number of carbonyl (C=O) groups is 3. The molecule has 1 N–H and O–H groups in total. The van der Waals surface area contributed by atoms with Crippen molar-refractivity contribution in [2.75, 3.05) is 33.6 Å². The van der Waals surface area contributed by atoms with Crippen molar-refractivity contribution < 1.29 is 23.9 Å². The summed E-state index contributed by atoms with van der Waals surface area (Å²) in [6.45, 7) is 0. The predicted molar refractivity (Wildman–Crippen MR) is 152 cm³/mol. The molecule has 4 aromatic carbocycles. The monoisotopic (exact) mass is 535 g/mol. The largest absolute Gasteiger partial charge is 0.497 e. The van der Waals surface area contributed by atoms with Crippen LogP contribution in [-0.4, -0.2) is 56.0 Å². The Balaban J connectivity index is 1.73. The van der Waals surface area contributed by atoms with Crippen molar-refractivity contribution in [1.82, 2.24) is 9.80 Å². The highest BCUT2D eigenvalue weighted by Gasteiger charge is 2.67. The van der Waals surface area contributed by atoms with Gasteiger partial charge in [0.05, 0.1) is 20.3 Å². The highest BCUT2D eigenvalue weighted by Crippen LogP contribution is 2.60. The van der Waals surface area contributed by atoms with E-state index in [1.807, 2.05) is 72.8 Å². The first-order chi connectivity index (χ1) is 19.3. The molecule has 0 radical (unpaired) electrons. The van der Waals surface area contributed by atoms with E-state index in [4.69, 9.17) is 9.47 Å². The quantitative estimate of drug-likeness (QED) is 0.362. The van der Waals surface area contributed by atoms with E-state index in [0.29, 0.717) is 11.5 Å². The van der Waals surface area contributed by atoms with Gasteiger partial charge in [-0.15, -0.1) is 0 Å². The fourth-order valence-electron chi connectivity index (χ4n) is 6.30. The number of anilines is 1. The van der Waals surface area contributed by atoms with E-state index < -0.39 is 35.2 Å². The van der Waals surface area contributed by atoms with Crippen LogP contribution in [-0.2, 0) is 9.59 Å². The van der Waals surface area contributed by atoms with Crippen molar-refractivity contribution in [3.05, 3.63) is 102 Å². The van der Waals surface area contributed by atoms with Gasteiger partial charge in [0.15, 0.2) is 5.41 Å². The number of methoxy groups -OCH3 is 2. The third kappa shape index (κ3) is 3.49. The summed E-state index contributed by atoms with van der Waals surface area (Å²) in [6, 6.07) is 25.2. The Labute approximate surface area is 232 Å². The third-order valence-corrected chi connectivity index (χ3v) is 8.26. The number of fused-ring (bicyclic) bond motifs is 3. The number of urea groups is 1. The summed E-state index contributed by atoms with van der Waals surface area (Å²) in [5.74, 6) is -0.549. The molecule has 40 heavy (non-hydrogen) atoms. The molecule has 4 amide bonds. The van der Waals surface area contributed by atoms with Crippen LogP contribution in [0.25, 0.3) is 10.8 Å². The Hall–Kier alpha value is -4.85. The number of hydrogen-bond acceptors (Lipinski definition) is 6. The second kappa shape index (κ2) is 9.41. The van der Waals surface area contributed by atoms with E-state index in [0.717, 1.165) is 43.0 Å². The number of rotatable bonds is 4. The summed E-state index contributed by atoms with van der Waals surface area (Å²) in [5.41, 5.74) is 1.39. The molecule has 2 atom stereocenters. The Morgan fingerprint density at radius 2 is 1.25 bits per heavy atom. The summed E-state index contributed by atoms with van der Waals surface area (Å²) in [5, 5.41) is 5.47. The highest BCUT2D eigenvalue weighted by molar-refractivity contribution is 6.21. The SMILES string of the molecule is COc1ccc([C@@H]2c3c(ccc4ccccc34)N[C@@H](c3ccc(OC)cc3)C23C(=O)N(C)C(=O)N(C)C3=O)cc1. The average Bonchev–Trinajstić information content (AvgIpc) is 3.01. The van der Waals surface area contributed by atoms with Gasteiger partial charge < -0.3 is 14.8 Å². The number of amides is 4. The molecule has 6 rings (SSSR count). The first kappa shape index (κ1) is 25.4. The van der Waals surface area contributed by atoms with Crippen LogP contribution in [0.3, 0.4) is 0 Å². The molecule has 1 spiro atoms. The van der Waals surface area contributed by atoms with Gasteiger partial charge in [-0.3, -0.25) is 19.4 Å². The maximum Gasteiger partial charge on any atom is 0.332 e. The number of ether oxygens (including phenoxy) is 2. The van der Waals surface area contributed by atoms with Crippen molar-refractivity contribution >= 4 is 34.3 Å². The first-order valence-electron chi connectivity index (χ1n) is 13.0. The lowest BCUT2D eigenvalue weighted by molar-refractivity contribution is -0.160. The molecule has 0 unspecified atom stereocenters. The van der Waals surface area contributed by atoms with E-state index in [2.05, 4.69) is 5.32 Å². The summed E-state index contributed by atoms with van der Waals surface area (Å²) in [7, 11) is 6.04. The molecule has 2 heterocycles. The van der Waals surface area contributed by atoms with Crippen molar-refractivity contribution in [3.63, 3.8) is 0 Å². The molecule has 0 aliphatic carbocycles. The molecular formula is C32H29N3O5. The molecule has 0 aromatic heterocycles. The molecule has 8 nitrogen and oxygen atoms in total. The van der Waals surface area contributed by atoms with E-state index >= 15 is 0 Å². The number of barbiturate groups is 1. The second-order valence-electron chi connectivity index (χ2n) is 10.2. The van der Waals surface area contributed by atoms with Gasteiger partial charge in [0.1, 0.15) is 11.5 Å². The molecule has 4 aromatic rings. The summed E-state index contributed by atoms with van der Waals surface area (Å²) in [4.78, 5) is 44.4. The van der Waals surface area contributed by atoms with Crippen LogP contribution >= 0.6 is 0 Å². The van der Waals surface area contributed by atoms with Crippen molar-refractivity contribution in [2.24, 2.45) is 5.41 Å². The van der Waals surface area contributed by atoms with Gasteiger partial charge in [-0.05, 0) is 57.8 Å². The molecule has 8 heteroatoms. The van der Waals surface area contributed by atoms with Gasteiger partial charge in [0, 0.05) is 25.7 Å². The zero-order valence-corrected chi connectivity index (χ0v) is 22.7. The number of hydrogen-bond donors (Lipinski definition) is 1. The van der Waals surface area contributed by atoms with Crippen molar-refractivity contribution in [3.8, 4) is 11.5 Å². The summed E-state index contributed by atoms with van der Waals surface area (Å²) in [6.07, 6.45) is 0. The zero-order chi connectivity index (χ0) is 28.2. The maximum atomic E-state index is 14.6. The fourth-order valence-corrected chi connectivity index (χ4v) is 6.30. The van der Waals surface area contributed by atoms with Gasteiger partial charge in [0.25, 0.3) is 0 Å². The standard InChI is InChI=1S/C32H29N3O5/c1-34-29(36)32(30(37)35(2)31(34)38)27(20-9-14-22(39-3)15-10-20)26-24-8-6-5-7-19(24)13-18-25(26)33-28(32)21-11-16-23(40-4)17-12-21/h5-18,27-28,33H,1-4H3/t27-,28+/m1/s1. The van der Waals surface area contributed by atoms with Crippen LogP contribution in [0.2, 0.25) is 0 Å². The van der Waals surface area contributed by atoms with Gasteiger partial charge in [-0.25, -0.2) is 4.79 Å². The minimum Gasteiger partial charge on any atom is -0.497 e. The van der Waals surface area contributed by atoms with Crippen LogP contribution in [0.1, 0.15) is 28.7 Å². The normalized spacial score (nSPS) is 19.9. The van der Waals surface area contributed by atoms with Crippen LogP contribution in [0.5, 0.6) is 11.5 Å². The van der Waals surface area contributed by atoms with E-state index in [1.54, 1.807) is 26.4 Å². The molecule has 0 saturated carbocycles. The zero-order valence-electron chi connectivity index (χ0n) is 22.7. The van der Waals surface area contributed by atoms with Gasteiger partial charge in [-0.2, -0.15) is 0 Å². The van der Waals surface area contributed by atoms with Crippen LogP contribution in [0, 0.1) is 5.41 Å². The molecule has 2 aliphatic heterocycles. The molecule has 0 bridgehead atoms. The molecule has 202 valence electrons. The molecule has 1 saturated heterocycles. The summed E-state index contributed by atoms with van der Waals surface area (Å²) < 4.78 is 10.8. The Morgan fingerprint density at radius 1 is 0.700 bits per heavy atom. The molecular weight excluding hydrogens is 506 g/mol. The fraction of sp³-hybridized carbons (Fsp3) is 0.219. The molecule has 1 fully saturated rings. The van der Waals surface area contributed by atoms with E-state index in [9.17, 15) is 14.4 Å². The van der Waals surface area contributed by atoms with Gasteiger partial charge in [0.2, 0.25) is 11.8 Å². The van der Waals surface area contributed by atoms with E-state index in [1.165, 1.54) is 14.1 Å². The predicted octanol–water partition coefficient (Wildman–Crippen LogP) is 5.19. The number of nitrogens with one attached hydrogen (secondary N) is 1. The Bertz CT molecular complexity index is 1620. The Kier molecular flexibility index (Phi) is 5.98. The maximum absolute atomic E-state index is 14.6. The number of benzene rings is 4. The smallest absolute Gasteiger partial charge is 0.332 e. The molecule has 2 aliphatic rings.